The summed E-state index contributed by atoms with van der Waals surface area (Å²) in [5.41, 5.74) is 9.35. The summed E-state index contributed by atoms with van der Waals surface area (Å²) in [6.07, 6.45) is 0. The van der Waals surface area contributed by atoms with Gasteiger partial charge in [0.25, 0.3) is 6.01 Å². The smallest absolute Gasteiger partial charge is 0.298 e. The number of anilines is 3. The molecule has 4 rings (SSSR count). The molecule has 2 N–H and O–H groups in total. The Hall–Kier alpha value is -2.21. The number of nitrogens with zero attached hydrogens (tertiary/aromatic N) is 3. The van der Waals surface area contributed by atoms with Gasteiger partial charge in [0, 0.05) is 42.0 Å². The van der Waals surface area contributed by atoms with Crippen LogP contribution >= 0.6 is 15.9 Å². The molecule has 1 fully saturated rings. The van der Waals surface area contributed by atoms with E-state index in [1.54, 1.807) is 0 Å². The van der Waals surface area contributed by atoms with Crippen molar-refractivity contribution in [2.75, 3.05) is 41.7 Å². The van der Waals surface area contributed by atoms with Gasteiger partial charge in [-0.2, -0.15) is 4.98 Å². The molecule has 0 atom stereocenters. The molecule has 0 radical (unpaired) electrons. The molecule has 118 valence electrons. The fraction of sp³-hybridized carbons (Fsp3) is 0.235. The zero-order valence-electron chi connectivity index (χ0n) is 12.6. The van der Waals surface area contributed by atoms with Crippen LogP contribution in [-0.4, -0.2) is 31.2 Å². The molecule has 0 saturated carbocycles. The quantitative estimate of drug-likeness (QED) is 0.697. The van der Waals surface area contributed by atoms with Crippen LogP contribution in [0.3, 0.4) is 0 Å². The maximum atomic E-state index is 5.85. The second-order valence-electron chi connectivity index (χ2n) is 5.67. The second kappa shape index (κ2) is 5.77. The van der Waals surface area contributed by atoms with Gasteiger partial charge < -0.3 is 20.0 Å². The molecule has 1 aliphatic rings. The summed E-state index contributed by atoms with van der Waals surface area (Å²) in [6.45, 7) is 3.67. The van der Waals surface area contributed by atoms with Gasteiger partial charge in [-0.15, -0.1) is 0 Å². The van der Waals surface area contributed by atoms with Crippen LogP contribution in [0.2, 0.25) is 0 Å². The first-order valence-corrected chi connectivity index (χ1v) is 8.40. The van der Waals surface area contributed by atoms with Crippen LogP contribution in [0.15, 0.2) is 51.4 Å². The third-order valence-corrected chi connectivity index (χ3v) is 4.67. The molecule has 0 amide bonds. The van der Waals surface area contributed by atoms with E-state index in [1.807, 2.05) is 18.2 Å². The average Bonchev–Trinajstić information content (AvgIpc) is 2.99. The van der Waals surface area contributed by atoms with Crippen LogP contribution in [0.1, 0.15) is 0 Å². The predicted octanol–water partition coefficient (Wildman–Crippen LogP) is 3.50. The number of piperazine rings is 1. The molecule has 6 heteroatoms. The van der Waals surface area contributed by atoms with Crippen molar-refractivity contribution in [1.29, 1.82) is 0 Å². The van der Waals surface area contributed by atoms with Crippen molar-refractivity contribution >= 4 is 44.4 Å². The van der Waals surface area contributed by atoms with E-state index in [0.29, 0.717) is 11.7 Å². The van der Waals surface area contributed by atoms with Gasteiger partial charge in [-0.1, -0.05) is 15.9 Å². The van der Waals surface area contributed by atoms with Crippen LogP contribution in [-0.2, 0) is 0 Å². The minimum atomic E-state index is 0.682. The Morgan fingerprint density at radius 2 is 1.65 bits per heavy atom. The largest absolute Gasteiger partial charge is 0.423 e. The van der Waals surface area contributed by atoms with Crippen molar-refractivity contribution in [2.45, 2.75) is 0 Å². The number of rotatable bonds is 2. The predicted molar refractivity (Wildman–Crippen MR) is 97.0 cm³/mol. The first-order chi connectivity index (χ1) is 11.2. The molecule has 1 aromatic heterocycles. The van der Waals surface area contributed by atoms with Gasteiger partial charge >= 0.3 is 0 Å². The minimum Gasteiger partial charge on any atom is -0.423 e. The monoisotopic (exact) mass is 372 g/mol. The second-order valence-corrected chi connectivity index (χ2v) is 6.59. The standard InChI is InChI=1S/C17H17BrN4O/c18-12-1-4-14(5-2-12)21-7-9-22(10-8-21)17-20-15-11-13(19)3-6-16(15)23-17/h1-6,11H,7-10,19H2. The van der Waals surface area contributed by atoms with Gasteiger partial charge in [0.05, 0.1) is 0 Å². The third-order valence-electron chi connectivity index (χ3n) is 4.14. The molecule has 0 spiro atoms. The SMILES string of the molecule is Nc1ccc2oc(N3CCN(c4ccc(Br)cc4)CC3)nc2c1. The van der Waals surface area contributed by atoms with Crippen molar-refractivity contribution in [3.8, 4) is 0 Å². The first-order valence-electron chi connectivity index (χ1n) is 7.60. The van der Waals surface area contributed by atoms with E-state index in [4.69, 9.17) is 10.2 Å². The highest BCUT2D eigenvalue weighted by molar-refractivity contribution is 9.10. The lowest BCUT2D eigenvalue weighted by molar-refractivity contribution is 0.542. The lowest BCUT2D eigenvalue weighted by Gasteiger charge is -2.35. The summed E-state index contributed by atoms with van der Waals surface area (Å²) in [5, 5.41) is 0. The number of fused-ring (bicyclic) bond motifs is 1. The van der Waals surface area contributed by atoms with E-state index >= 15 is 0 Å². The highest BCUT2D eigenvalue weighted by atomic mass is 79.9. The molecule has 2 heterocycles. The van der Waals surface area contributed by atoms with Crippen LogP contribution < -0.4 is 15.5 Å². The Morgan fingerprint density at radius 3 is 2.39 bits per heavy atom. The maximum absolute atomic E-state index is 5.85. The van der Waals surface area contributed by atoms with Gasteiger partial charge in [0.15, 0.2) is 5.58 Å². The molecule has 0 bridgehead atoms. The molecule has 3 aromatic rings. The molecule has 23 heavy (non-hydrogen) atoms. The van der Waals surface area contributed by atoms with Crippen LogP contribution in [0.5, 0.6) is 0 Å². The Labute approximate surface area is 142 Å². The highest BCUT2D eigenvalue weighted by Gasteiger charge is 2.21. The van der Waals surface area contributed by atoms with E-state index in [1.165, 1.54) is 5.69 Å². The Kier molecular flexibility index (Phi) is 3.61. The molecule has 0 unspecified atom stereocenters. The van der Waals surface area contributed by atoms with Gasteiger partial charge in [0.1, 0.15) is 5.52 Å². The summed E-state index contributed by atoms with van der Waals surface area (Å²) in [7, 11) is 0. The van der Waals surface area contributed by atoms with E-state index in [-0.39, 0.29) is 0 Å². The van der Waals surface area contributed by atoms with Crippen molar-refractivity contribution in [3.05, 3.63) is 46.9 Å². The minimum absolute atomic E-state index is 0.682. The van der Waals surface area contributed by atoms with Gasteiger partial charge in [-0.05, 0) is 42.5 Å². The van der Waals surface area contributed by atoms with Crippen LogP contribution in [0, 0.1) is 0 Å². The third kappa shape index (κ3) is 2.86. The molecule has 2 aromatic carbocycles. The Morgan fingerprint density at radius 1 is 0.957 bits per heavy atom. The lowest BCUT2D eigenvalue weighted by atomic mass is 10.2. The Bertz CT molecular complexity index is 822. The zero-order chi connectivity index (χ0) is 15.8. The molecule has 0 aliphatic carbocycles. The summed E-state index contributed by atoms with van der Waals surface area (Å²) >= 11 is 3.48. The summed E-state index contributed by atoms with van der Waals surface area (Å²) in [5.74, 6) is 0. The molecule has 5 nitrogen and oxygen atoms in total. The van der Waals surface area contributed by atoms with Crippen molar-refractivity contribution < 1.29 is 4.42 Å². The normalized spacial score (nSPS) is 15.3. The van der Waals surface area contributed by atoms with E-state index in [0.717, 1.165) is 41.8 Å². The zero-order valence-corrected chi connectivity index (χ0v) is 14.2. The number of nitrogen functional groups attached to an aromatic ring is 1. The average molecular weight is 373 g/mol. The van der Waals surface area contributed by atoms with Crippen molar-refractivity contribution in [3.63, 3.8) is 0 Å². The van der Waals surface area contributed by atoms with Gasteiger partial charge in [0.2, 0.25) is 0 Å². The number of oxazole rings is 1. The summed E-state index contributed by atoms with van der Waals surface area (Å²) < 4.78 is 6.96. The molecular weight excluding hydrogens is 356 g/mol. The topological polar surface area (TPSA) is 58.5 Å². The van der Waals surface area contributed by atoms with Crippen LogP contribution in [0.4, 0.5) is 17.4 Å². The van der Waals surface area contributed by atoms with Crippen molar-refractivity contribution in [1.82, 2.24) is 4.98 Å². The van der Waals surface area contributed by atoms with Crippen LogP contribution in [0.25, 0.3) is 11.1 Å². The molecular formula is C17H17BrN4O. The highest BCUT2D eigenvalue weighted by Crippen LogP contribution is 2.26. The fourth-order valence-corrected chi connectivity index (χ4v) is 3.14. The number of hydrogen-bond donors (Lipinski definition) is 1. The summed E-state index contributed by atoms with van der Waals surface area (Å²) in [6, 6.07) is 14.7. The number of benzene rings is 2. The number of halogens is 1. The maximum Gasteiger partial charge on any atom is 0.298 e. The Balaban J connectivity index is 1.48. The lowest BCUT2D eigenvalue weighted by Crippen LogP contribution is -2.46. The van der Waals surface area contributed by atoms with E-state index in [2.05, 4.69) is 55.0 Å². The van der Waals surface area contributed by atoms with E-state index < -0.39 is 0 Å². The summed E-state index contributed by atoms with van der Waals surface area (Å²) in [4.78, 5) is 9.13. The molecule has 1 saturated heterocycles. The number of hydrogen-bond acceptors (Lipinski definition) is 5. The van der Waals surface area contributed by atoms with Crippen molar-refractivity contribution in [2.24, 2.45) is 0 Å². The van der Waals surface area contributed by atoms with Gasteiger partial charge in [-0.3, -0.25) is 0 Å². The number of aromatic nitrogens is 1. The fourth-order valence-electron chi connectivity index (χ4n) is 2.88. The van der Waals surface area contributed by atoms with E-state index in [9.17, 15) is 0 Å². The first kappa shape index (κ1) is 14.4. The molecule has 1 aliphatic heterocycles. The van der Waals surface area contributed by atoms with Gasteiger partial charge in [-0.25, -0.2) is 0 Å². The number of nitrogens with two attached hydrogens (primary N) is 1.